The normalized spacial score (nSPS) is 22.0. The lowest BCUT2D eigenvalue weighted by atomic mass is 10.2. The second-order valence-electron chi connectivity index (χ2n) is 4.33. The van der Waals surface area contributed by atoms with Crippen LogP contribution in [-0.4, -0.2) is 49.3 Å². The summed E-state index contributed by atoms with van der Waals surface area (Å²) in [6.45, 7) is 5.78. The Kier molecular flexibility index (Phi) is 3.74. The number of hydrogen-bond donors (Lipinski definition) is 1. The molecule has 2 heterocycles. The number of morpholine rings is 1. The Balaban J connectivity index is 1.85. The van der Waals surface area contributed by atoms with E-state index in [-0.39, 0.29) is 6.10 Å². The van der Waals surface area contributed by atoms with Gasteiger partial charge in [-0.1, -0.05) is 0 Å². The number of nitrogens with one attached hydrogen (secondary N) is 1. The molecule has 4 heteroatoms. The highest BCUT2D eigenvalue weighted by Crippen LogP contribution is 2.12. The van der Waals surface area contributed by atoms with Crippen LogP contribution in [0.25, 0.3) is 0 Å². The molecule has 1 aromatic rings. The van der Waals surface area contributed by atoms with Gasteiger partial charge in [0.2, 0.25) is 0 Å². The summed E-state index contributed by atoms with van der Waals surface area (Å²) in [6, 6.07) is 2.00. The molecule has 16 heavy (non-hydrogen) atoms. The molecule has 0 saturated carbocycles. The van der Waals surface area contributed by atoms with E-state index in [1.54, 1.807) is 0 Å². The molecule has 0 spiro atoms. The molecule has 1 fully saturated rings. The summed E-state index contributed by atoms with van der Waals surface area (Å²) >= 11 is 0. The Morgan fingerprint density at radius 2 is 2.50 bits per heavy atom. The summed E-state index contributed by atoms with van der Waals surface area (Å²) in [7, 11) is 2.13. The van der Waals surface area contributed by atoms with E-state index in [0.717, 1.165) is 31.9 Å². The van der Waals surface area contributed by atoms with Crippen molar-refractivity contribution in [1.29, 1.82) is 0 Å². The first-order valence-electron chi connectivity index (χ1n) is 5.70. The van der Waals surface area contributed by atoms with Gasteiger partial charge < -0.3 is 15.0 Å². The highest BCUT2D eigenvalue weighted by molar-refractivity contribution is 5.48. The number of aryl methyl sites for hydroxylation is 1. The van der Waals surface area contributed by atoms with Gasteiger partial charge in [0.05, 0.1) is 12.7 Å². The Labute approximate surface area is 96.6 Å². The lowest BCUT2D eigenvalue weighted by Gasteiger charge is -2.30. The fourth-order valence-corrected chi connectivity index (χ4v) is 1.89. The standard InChI is InChI=1S/C12H19N3O/c1-10-7-13-4-3-12(10)14-8-11-9-15(2)5-6-16-11/h3-4,7,11H,5-6,8-9H2,1-2H3,(H,13,14). The maximum Gasteiger partial charge on any atom is 0.0874 e. The number of hydrogen-bond acceptors (Lipinski definition) is 4. The van der Waals surface area contributed by atoms with Crippen LogP contribution in [0.1, 0.15) is 5.56 Å². The van der Waals surface area contributed by atoms with Gasteiger partial charge >= 0.3 is 0 Å². The van der Waals surface area contributed by atoms with Crippen LogP contribution >= 0.6 is 0 Å². The topological polar surface area (TPSA) is 37.4 Å². The number of rotatable bonds is 3. The van der Waals surface area contributed by atoms with E-state index in [0.29, 0.717) is 0 Å². The van der Waals surface area contributed by atoms with Crippen molar-refractivity contribution >= 4 is 5.69 Å². The number of aromatic nitrogens is 1. The SMILES string of the molecule is Cc1cnccc1NCC1CN(C)CCO1. The van der Waals surface area contributed by atoms with E-state index in [1.807, 2.05) is 18.5 Å². The molecule has 0 bridgehead atoms. The molecule has 0 radical (unpaired) electrons. The molecule has 1 atom stereocenters. The van der Waals surface area contributed by atoms with Crippen LogP contribution in [0.4, 0.5) is 5.69 Å². The number of nitrogens with zero attached hydrogens (tertiary/aromatic N) is 2. The van der Waals surface area contributed by atoms with Crippen molar-refractivity contribution in [2.24, 2.45) is 0 Å². The van der Waals surface area contributed by atoms with Crippen LogP contribution in [0, 0.1) is 6.92 Å². The smallest absolute Gasteiger partial charge is 0.0874 e. The Morgan fingerprint density at radius 1 is 1.62 bits per heavy atom. The second-order valence-corrected chi connectivity index (χ2v) is 4.33. The lowest BCUT2D eigenvalue weighted by Crippen LogP contribution is -2.43. The van der Waals surface area contributed by atoms with Gasteiger partial charge in [-0.2, -0.15) is 0 Å². The number of anilines is 1. The monoisotopic (exact) mass is 221 g/mol. The van der Waals surface area contributed by atoms with Crippen LogP contribution in [0.15, 0.2) is 18.5 Å². The summed E-state index contributed by atoms with van der Waals surface area (Å²) in [5, 5.41) is 3.41. The molecule has 1 aliphatic rings. The maximum absolute atomic E-state index is 5.69. The minimum atomic E-state index is 0.284. The van der Waals surface area contributed by atoms with Crippen molar-refractivity contribution in [1.82, 2.24) is 9.88 Å². The number of ether oxygens (including phenoxy) is 1. The summed E-state index contributed by atoms with van der Waals surface area (Å²) in [6.07, 6.45) is 3.96. The quantitative estimate of drug-likeness (QED) is 0.830. The molecule has 1 saturated heterocycles. The molecule has 1 aliphatic heterocycles. The van der Waals surface area contributed by atoms with E-state index in [4.69, 9.17) is 4.74 Å². The minimum absolute atomic E-state index is 0.284. The third kappa shape index (κ3) is 2.93. The van der Waals surface area contributed by atoms with Gasteiger partial charge in [-0.05, 0) is 25.6 Å². The first kappa shape index (κ1) is 11.4. The molecule has 0 aromatic carbocycles. The van der Waals surface area contributed by atoms with Crippen LogP contribution in [0.5, 0.6) is 0 Å². The fourth-order valence-electron chi connectivity index (χ4n) is 1.89. The number of pyridine rings is 1. The van der Waals surface area contributed by atoms with Gasteiger partial charge in [0.1, 0.15) is 0 Å². The Hall–Kier alpha value is -1.13. The highest BCUT2D eigenvalue weighted by atomic mass is 16.5. The van der Waals surface area contributed by atoms with E-state index < -0.39 is 0 Å². The van der Waals surface area contributed by atoms with Gasteiger partial charge in [-0.15, -0.1) is 0 Å². The van der Waals surface area contributed by atoms with E-state index in [1.165, 1.54) is 5.56 Å². The molecule has 88 valence electrons. The highest BCUT2D eigenvalue weighted by Gasteiger charge is 2.17. The lowest BCUT2D eigenvalue weighted by molar-refractivity contribution is -0.0117. The van der Waals surface area contributed by atoms with Gasteiger partial charge in [0.15, 0.2) is 0 Å². The van der Waals surface area contributed by atoms with Crippen LogP contribution < -0.4 is 5.32 Å². The van der Waals surface area contributed by atoms with Crippen molar-refractivity contribution in [2.75, 3.05) is 38.6 Å². The van der Waals surface area contributed by atoms with E-state index in [9.17, 15) is 0 Å². The van der Waals surface area contributed by atoms with Crippen molar-refractivity contribution in [2.45, 2.75) is 13.0 Å². The van der Waals surface area contributed by atoms with Crippen molar-refractivity contribution in [3.8, 4) is 0 Å². The van der Waals surface area contributed by atoms with Crippen molar-refractivity contribution in [3.63, 3.8) is 0 Å². The van der Waals surface area contributed by atoms with Crippen molar-refractivity contribution < 1.29 is 4.74 Å². The maximum atomic E-state index is 5.69. The Morgan fingerprint density at radius 3 is 3.25 bits per heavy atom. The van der Waals surface area contributed by atoms with Gasteiger partial charge in [0.25, 0.3) is 0 Å². The van der Waals surface area contributed by atoms with Gasteiger partial charge in [-0.25, -0.2) is 0 Å². The molecule has 4 nitrogen and oxygen atoms in total. The van der Waals surface area contributed by atoms with Crippen LogP contribution in [-0.2, 0) is 4.74 Å². The first-order valence-corrected chi connectivity index (χ1v) is 5.70. The van der Waals surface area contributed by atoms with E-state index in [2.05, 4.69) is 29.2 Å². The minimum Gasteiger partial charge on any atom is -0.382 e. The summed E-state index contributed by atoms with van der Waals surface area (Å²) < 4.78 is 5.69. The zero-order chi connectivity index (χ0) is 11.4. The molecule has 2 rings (SSSR count). The predicted molar refractivity (Wildman–Crippen MR) is 64.7 cm³/mol. The predicted octanol–water partition coefficient (Wildman–Crippen LogP) is 1.13. The van der Waals surface area contributed by atoms with Gasteiger partial charge in [0, 0.05) is 37.7 Å². The summed E-state index contributed by atoms with van der Waals surface area (Å²) in [4.78, 5) is 6.37. The fraction of sp³-hybridized carbons (Fsp3) is 0.583. The zero-order valence-corrected chi connectivity index (χ0v) is 9.94. The van der Waals surface area contributed by atoms with Crippen molar-refractivity contribution in [3.05, 3.63) is 24.0 Å². The average Bonchev–Trinajstić information content (AvgIpc) is 2.28. The molecule has 1 N–H and O–H groups in total. The van der Waals surface area contributed by atoms with Crippen LogP contribution in [0.3, 0.4) is 0 Å². The molecule has 1 unspecified atom stereocenters. The van der Waals surface area contributed by atoms with Crippen LogP contribution in [0.2, 0.25) is 0 Å². The molecular weight excluding hydrogens is 202 g/mol. The second kappa shape index (κ2) is 5.27. The number of likely N-dealkylation sites (N-methyl/N-ethyl adjacent to an activating group) is 1. The van der Waals surface area contributed by atoms with E-state index >= 15 is 0 Å². The third-order valence-corrected chi connectivity index (χ3v) is 2.88. The molecular formula is C12H19N3O. The largest absolute Gasteiger partial charge is 0.382 e. The summed E-state index contributed by atoms with van der Waals surface area (Å²) in [5.74, 6) is 0. The zero-order valence-electron chi connectivity index (χ0n) is 9.94. The first-order chi connectivity index (χ1) is 7.75. The summed E-state index contributed by atoms with van der Waals surface area (Å²) in [5.41, 5.74) is 2.32. The Bertz CT molecular complexity index is 343. The average molecular weight is 221 g/mol. The molecule has 0 aliphatic carbocycles. The molecule has 1 aromatic heterocycles. The van der Waals surface area contributed by atoms with Gasteiger partial charge in [-0.3, -0.25) is 4.98 Å². The third-order valence-electron chi connectivity index (χ3n) is 2.88. The molecule has 0 amide bonds.